The van der Waals surface area contributed by atoms with Crippen LogP contribution < -0.4 is 5.48 Å². The number of thiophene rings is 1. The van der Waals surface area contributed by atoms with Gasteiger partial charge in [-0.05, 0) is 11.4 Å². The third kappa shape index (κ3) is 2.94. The highest BCUT2D eigenvalue weighted by Crippen LogP contribution is 2.18. The van der Waals surface area contributed by atoms with Gasteiger partial charge in [0.05, 0.1) is 5.69 Å². The van der Waals surface area contributed by atoms with Crippen LogP contribution in [-0.4, -0.2) is 12.1 Å². The highest BCUT2D eigenvalue weighted by Gasteiger charge is 2.41. The monoisotopic (exact) mass is 211 g/mol. The van der Waals surface area contributed by atoms with Crippen molar-refractivity contribution in [3.63, 3.8) is 0 Å². The fourth-order valence-corrected chi connectivity index (χ4v) is 1.06. The second kappa shape index (κ2) is 3.65. The van der Waals surface area contributed by atoms with Crippen LogP contribution in [0, 0.1) is 0 Å². The van der Waals surface area contributed by atoms with Crippen LogP contribution in [0.15, 0.2) is 16.8 Å². The van der Waals surface area contributed by atoms with Gasteiger partial charge >= 0.3 is 12.1 Å². The molecule has 1 rings (SSSR count). The molecular weight excluding hydrogens is 207 g/mol. The van der Waals surface area contributed by atoms with Crippen LogP contribution in [0.4, 0.5) is 18.9 Å². The van der Waals surface area contributed by atoms with Crippen molar-refractivity contribution in [3.8, 4) is 0 Å². The van der Waals surface area contributed by atoms with Crippen molar-refractivity contribution in [2.75, 3.05) is 5.48 Å². The minimum atomic E-state index is -4.97. The van der Waals surface area contributed by atoms with Crippen molar-refractivity contribution < 1.29 is 22.8 Å². The van der Waals surface area contributed by atoms with Crippen LogP contribution >= 0.6 is 11.3 Å². The fourth-order valence-electron chi connectivity index (χ4n) is 0.486. The van der Waals surface area contributed by atoms with Crippen molar-refractivity contribution in [3.05, 3.63) is 16.8 Å². The summed E-state index contributed by atoms with van der Waals surface area (Å²) >= 11 is 1.26. The lowest BCUT2D eigenvalue weighted by Gasteiger charge is -2.06. The van der Waals surface area contributed by atoms with Gasteiger partial charge in [0, 0.05) is 5.38 Å². The van der Waals surface area contributed by atoms with Gasteiger partial charge in [-0.1, -0.05) is 0 Å². The van der Waals surface area contributed by atoms with Gasteiger partial charge in [-0.15, -0.1) is 0 Å². The number of carbonyl (C=O) groups is 1. The molecule has 72 valence electrons. The number of hydrogen-bond donors (Lipinski definition) is 1. The maximum atomic E-state index is 11.6. The first-order valence-corrected chi connectivity index (χ1v) is 4.00. The van der Waals surface area contributed by atoms with E-state index in [4.69, 9.17) is 0 Å². The molecule has 0 saturated carbocycles. The Morgan fingerprint density at radius 1 is 1.54 bits per heavy atom. The highest BCUT2D eigenvalue weighted by atomic mass is 32.1. The Hall–Kier alpha value is -1.24. The standard InChI is InChI=1S/C6H4F3NO2S/c7-6(8,9)5(11)12-10-4-1-2-13-3-4/h1-3,10H. The molecule has 1 aromatic heterocycles. The number of halogens is 3. The van der Waals surface area contributed by atoms with Crippen molar-refractivity contribution in [2.45, 2.75) is 6.18 Å². The number of alkyl halides is 3. The zero-order chi connectivity index (χ0) is 9.90. The minimum absolute atomic E-state index is 0.308. The molecule has 0 amide bonds. The lowest BCUT2D eigenvalue weighted by atomic mass is 10.6. The van der Waals surface area contributed by atoms with Gasteiger partial charge in [-0.2, -0.15) is 24.5 Å². The molecule has 13 heavy (non-hydrogen) atoms. The topological polar surface area (TPSA) is 38.3 Å². The molecular formula is C6H4F3NO2S. The summed E-state index contributed by atoms with van der Waals surface area (Å²) in [7, 11) is 0. The maximum Gasteiger partial charge on any atom is 0.493 e. The third-order valence-corrected chi connectivity index (χ3v) is 1.70. The summed E-state index contributed by atoms with van der Waals surface area (Å²) in [6.45, 7) is 0. The summed E-state index contributed by atoms with van der Waals surface area (Å²) in [5.41, 5.74) is 2.18. The van der Waals surface area contributed by atoms with Gasteiger partial charge in [0.1, 0.15) is 0 Å². The van der Waals surface area contributed by atoms with Crippen LogP contribution in [0.25, 0.3) is 0 Å². The number of anilines is 1. The van der Waals surface area contributed by atoms with E-state index in [0.29, 0.717) is 5.69 Å². The minimum Gasteiger partial charge on any atom is -0.335 e. The zero-order valence-corrected chi connectivity index (χ0v) is 6.91. The van der Waals surface area contributed by atoms with E-state index < -0.39 is 12.1 Å². The lowest BCUT2D eigenvalue weighted by molar-refractivity contribution is -0.196. The Kier molecular flexibility index (Phi) is 2.76. The second-order valence-corrected chi connectivity index (χ2v) is 2.78. The molecule has 0 saturated heterocycles. The predicted octanol–water partition coefficient (Wildman–Crippen LogP) is 2.18. The number of hydrogen-bond acceptors (Lipinski definition) is 4. The van der Waals surface area contributed by atoms with E-state index in [1.807, 2.05) is 5.48 Å². The molecule has 1 aromatic rings. The Balaban J connectivity index is 2.40. The average molecular weight is 211 g/mol. The van der Waals surface area contributed by atoms with Gasteiger partial charge in [-0.3, -0.25) is 0 Å². The molecule has 0 aromatic carbocycles. The first-order valence-electron chi connectivity index (χ1n) is 3.06. The molecule has 0 spiro atoms. The quantitative estimate of drug-likeness (QED) is 0.762. The Labute approximate surface area is 75.1 Å². The molecule has 1 N–H and O–H groups in total. The number of nitrogens with one attached hydrogen (secondary N) is 1. The normalized spacial score (nSPS) is 11.0. The number of carbonyl (C=O) groups excluding carboxylic acids is 1. The summed E-state index contributed by atoms with van der Waals surface area (Å²) in [5, 5.41) is 3.13. The number of rotatable bonds is 2. The van der Waals surface area contributed by atoms with Crippen molar-refractivity contribution in [2.24, 2.45) is 0 Å². The molecule has 0 fully saturated rings. The average Bonchev–Trinajstić information content (AvgIpc) is 2.50. The predicted molar refractivity (Wildman–Crippen MR) is 40.1 cm³/mol. The van der Waals surface area contributed by atoms with E-state index in [1.54, 1.807) is 5.38 Å². The molecule has 0 aliphatic carbocycles. The molecule has 3 nitrogen and oxygen atoms in total. The van der Waals surface area contributed by atoms with E-state index in [1.165, 1.54) is 22.8 Å². The summed E-state index contributed by atoms with van der Waals surface area (Å²) in [4.78, 5) is 13.9. The second-order valence-electron chi connectivity index (χ2n) is 2.00. The third-order valence-electron chi connectivity index (χ3n) is 1.01. The van der Waals surface area contributed by atoms with Crippen LogP contribution in [0.2, 0.25) is 0 Å². The Morgan fingerprint density at radius 3 is 2.69 bits per heavy atom. The van der Waals surface area contributed by atoms with Crippen LogP contribution in [0.3, 0.4) is 0 Å². The Bertz CT molecular complexity index is 283. The molecule has 0 aliphatic heterocycles. The van der Waals surface area contributed by atoms with Gasteiger partial charge in [0.2, 0.25) is 0 Å². The fraction of sp³-hybridized carbons (Fsp3) is 0.167. The van der Waals surface area contributed by atoms with E-state index in [-0.39, 0.29) is 0 Å². The molecule has 1 heterocycles. The lowest BCUT2D eigenvalue weighted by Crippen LogP contribution is -2.27. The molecule has 0 radical (unpaired) electrons. The molecule has 0 bridgehead atoms. The molecule has 0 aliphatic rings. The molecule has 0 unspecified atom stereocenters. The largest absolute Gasteiger partial charge is 0.493 e. The van der Waals surface area contributed by atoms with Gasteiger partial charge in [0.25, 0.3) is 0 Å². The Morgan fingerprint density at radius 2 is 2.23 bits per heavy atom. The van der Waals surface area contributed by atoms with Gasteiger partial charge in [-0.25, -0.2) is 10.3 Å². The zero-order valence-electron chi connectivity index (χ0n) is 6.09. The summed E-state index contributed by atoms with van der Waals surface area (Å²) in [6, 6.07) is 1.48. The van der Waals surface area contributed by atoms with Crippen LogP contribution in [0.5, 0.6) is 0 Å². The molecule has 0 atom stereocenters. The summed E-state index contributed by atoms with van der Waals surface area (Å²) in [5.74, 6) is -2.27. The van der Waals surface area contributed by atoms with Gasteiger partial charge in [0.15, 0.2) is 0 Å². The molecule has 7 heteroatoms. The van der Waals surface area contributed by atoms with E-state index in [9.17, 15) is 18.0 Å². The van der Waals surface area contributed by atoms with Crippen molar-refractivity contribution >= 4 is 23.0 Å². The van der Waals surface area contributed by atoms with Gasteiger partial charge < -0.3 is 4.84 Å². The van der Waals surface area contributed by atoms with E-state index in [2.05, 4.69) is 4.84 Å². The van der Waals surface area contributed by atoms with E-state index in [0.717, 1.165) is 0 Å². The first kappa shape index (κ1) is 9.85. The first-order chi connectivity index (χ1) is 6.00. The van der Waals surface area contributed by atoms with Crippen molar-refractivity contribution in [1.82, 2.24) is 0 Å². The summed E-state index contributed by atoms with van der Waals surface area (Å²) in [6.07, 6.45) is -4.97. The summed E-state index contributed by atoms with van der Waals surface area (Å²) < 4.78 is 34.7. The van der Waals surface area contributed by atoms with Crippen LogP contribution in [0.1, 0.15) is 0 Å². The smallest absolute Gasteiger partial charge is 0.335 e. The van der Waals surface area contributed by atoms with E-state index >= 15 is 0 Å². The SMILES string of the molecule is O=C(ONc1ccsc1)C(F)(F)F. The van der Waals surface area contributed by atoms with Crippen LogP contribution in [-0.2, 0) is 9.63 Å². The van der Waals surface area contributed by atoms with Crippen molar-refractivity contribution in [1.29, 1.82) is 0 Å². The highest BCUT2D eigenvalue weighted by molar-refractivity contribution is 7.08. The maximum absolute atomic E-state index is 11.6.